The Morgan fingerprint density at radius 1 is 0.926 bits per heavy atom. The minimum Gasteiger partial charge on any atom is -0.691 e. The fourth-order valence-corrected chi connectivity index (χ4v) is 3.74. The van der Waals surface area contributed by atoms with Gasteiger partial charge in [0, 0.05) is 13.1 Å². The molecule has 0 aliphatic heterocycles. The van der Waals surface area contributed by atoms with Gasteiger partial charge >= 0.3 is 20.9 Å². The molecule has 0 saturated carbocycles. The monoisotopic (exact) mass is 444 g/mol. The van der Waals surface area contributed by atoms with Gasteiger partial charge in [-0.15, -0.1) is 0 Å². The van der Waals surface area contributed by atoms with Crippen LogP contribution >= 0.6 is 12.0 Å². The first-order chi connectivity index (χ1) is 12.5. The number of ether oxygens (including phenoxy) is 1. The minimum absolute atomic E-state index is 0.230. The van der Waals surface area contributed by atoms with Crippen molar-refractivity contribution >= 4 is 22.1 Å². The van der Waals surface area contributed by atoms with Crippen LogP contribution < -0.4 is 5.26 Å². The van der Waals surface area contributed by atoms with E-state index in [2.05, 4.69) is 14.1 Å². The van der Waals surface area contributed by atoms with E-state index in [1.807, 2.05) is 13.8 Å². The van der Waals surface area contributed by atoms with E-state index in [1.54, 1.807) is 0 Å². The molecule has 0 rings (SSSR count). The summed E-state index contributed by atoms with van der Waals surface area (Å²) in [5.41, 5.74) is -10.0. The van der Waals surface area contributed by atoms with E-state index in [-0.39, 0.29) is 13.1 Å². The molecule has 13 heteroatoms. The maximum absolute atomic E-state index is 14.0. The smallest absolute Gasteiger partial charge is 0.481 e. The van der Waals surface area contributed by atoms with Crippen molar-refractivity contribution in [3.05, 3.63) is 0 Å². The second-order valence-electron chi connectivity index (χ2n) is 5.77. The van der Waals surface area contributed by atoms with Gasteiger partial charge in [0.25, 0.3) is 0 Å². The lowest BCUT2D eigenvalue weighted by Crippen LogP contribution is -2.48. The van der Waals surface area contributed by atoms with Gasteiger partial charge < -0.3 is 5.26 Å². The Morgan fingerprint density at radius 3 is 1.81 bits per heavy atom. The Labute approximate surface area is 161 Å². The molecule has 0 fully saturated rings. The lowest BCUT2D eigenvalue weighted by Gasteiger charge is -2.28. The van der Waals surface area contributed by atoms with Gasteiger partial charge in [0.1, 0.15) is 12.0 Å². The topological polar surface area (TPSA) is 88.1 Å². The molecule has 27 heavy (non-hydrogen) atoms. The van der Waals surface area contributed by atoms with Crippen LogP contribution in [-0.2, 0) is 24.1 Å². The van der Waals surface area contributed by atoms with E-state index < -0.39 is 32.9 Å². The second kappa shape index (κ2) is 13.1. The van der Waals surface area contributed by atoms with E-state index in [1.165, 1.54) is 0 Å². The summed E-state index contributed by atoms with van der Waals surface area (Å²) in [5, 5.41) is 12.2. The molecular weight excluding hydrogens is 418 g/mol. The molecule has 0 aromatic heterocycles. The molecule has 0 saturated heterocycles. The van der Waals surface area contributed by atoms with Crippen molar-refractivity contribution in [2.24, 2.45) is 0 Å². The van der Waals surface area contributed by atoms with Crippen LogP contribution in [-0.4, -0.2) is 36.7 Å². The summed E-state index contributed by atoms with van der Waals surface area (Å²) in [6.45, 7) is 3.39. The summed E-state index contributed by atoms with van der Waals surface area (Å²) in [5.74, 6) is 0. The van der Waals surface area contributed by atoms with Gasteiger partial charge in [-0.2, -0.15) is 26.2 Å². The third-order valence-electron chi connectivity index (χ3n) is 3.56. The van der Waals surface area contributed by atoms with E-state index in [0.717, 1.165) is 25.7 Å². The Morgan fingerprint density at radius 2 is 1.41 bits per heavy atom. The average molecular weight is 444 g/mol. The van der Waals surface area contributed by atoms with Crippen LogP contribution in [0.3, 0.4) is 0 Å². The van der Waals surface area contributed by atoms with Crippen molar-refractivity contribution in [3.63, 3.8) is 0 Å². The van der Waals surface area contributed by atoms with Crippen LogP contribution in [0.2, 0.25) is 0 Å². The highest BCUT2D eigenvalue weighted by Crippen LogP contribution is 2.40. The van der Waals surface area contributed by atoms with Crippen molar-refractivity contribution in [3.8, 4) is 0 Å². The van der Waals surface area contributed by atoms with E-state index >= 15 is 0 Å². The molecule has 0 unspecified atom stereocenters. The molecule has 164 valence electrons. The highest BCUT2D eigenvalue weighted by Gasteiger charge is 2.57. The number of rotatable bonds is 17. The van der Waals surface area contributed by atoms with Crippen LogP contribution in [0.15, 0.2) is 0 Å². The first-order valence-electron chi connectivity index (χ1n) is 8.64. The first-order valence-corrected chi connectivity index (χ1v) is 10.8. The summed E-state index contributed by atoms with van der Waals surface area (Å²) >= 11 is -1.17. The average Bonchev–Trinajstić information content (AvgIpc) is 2.57. The number of hydrogen-bond donors (Lipinski definition) is 0. The maximum Gasteiger partial charge on any atom is 0.481 e. The van der Waals surface area contributed by atoms with E-state index in [9.17, 15) is 31.2 Å². The lowest BCUT2D eigenvalue weighted by molar-refractivity contribution is -0.777. The van der Waals surface area contributed by atoms with E-state index in [0.29, 0.717) is 30.0 Å². The molecule has 0 heterocycles. The zero-order valence-electron chi connectivity index (χ0n) is 15.3. The quantitative estimate of drug-likeness (QED) is 0.0843. The summed E-state index contributed by atoms with van der Waals surface area (Å²) in [7, 11) is -5.52. The third-order valence-corrected chi connectivity index (χ3v) is 5.69. The van der Waals surface area contributed by atoms with Crippen LogP contribution in [0.5, 0.6) is 0 Å². The predicted molar refractivity (Wildman–Crippen MR) is 89.5 cm³/mol. The minimum atomic E-state index is -5.52. The number of halogens is 4. The Hall–Kier alpha value is -0.180. The fourth-order valence-electron chi connectivity index (χ4n) is 2.19. The standard InChI is InChI=1S/C14H27F4NO6S2/c1-3-5-7-9-11-19(12-10-8-6-4-2)27(21,22)14(17,18)23-13(15,16)26-25-24-20/h20H,3-12H2,1-2H3/p-1. The van der Waals surface area contributed by atoms with Gasteiger partial charge in [-0.3, -0.25) is 5.04 Å². The Kier molecular flexibility index (Phi) is 13.0. The molecule has 0 amide bonds. The van der Waals surface area contributed by atoms with Crippen LogP contribution in [0.25, 0.3) is 0 Å². The molecular formula is C14H26F4NO6S2-. The van der Waals surface area contributed by atoms with Crippen molar-refractivity contribution < 1.29 is 45.3 Å². The molecule has 0 aliphatic carbocycles. The zero-order chi connectivity index (χ0) is 21.0. The summed E-state index contributed by atoms with van der Waals surface area (Å²) < 4.78 is 85.8. The molecule has 0 spiro atoms. The van der Waals surface area contributed by atoms with Crippen LogP contribution in [0, 0.1) is 0 Å². The normalized spacial score (nSPS) is 13.5. The van der Waals surface area contributed by atoms with E-state index in [4.69, 9.17) is 0 Å². The molecule has 0 N–H and O–H groups in total. The molecule has 0 aromatic carbocycles. The summed E-state index contributed by atoms with van der Waals surface area (Å²) in [6.07, 6.45) is 5.15. The third kappa shape index (κ3) is 10.2. The molecule has 0 bridgehead atoms. The van der Waals surface area contributed by atoms with Gasteiger partial charge in [0.2, 0.25) is 0 Å². The second-order valence-corrected chi connectivity index (χ2v) is 8.49. The number of hydrogen-bond acceptors (Lipinski definition) is 7. The van der Waals surface area contributed by atoms with Gasteiger partial charge in [-0.25, -0.2) is 13.2 Å². The van der Waals surface area contributed by atoms with Gasteiger partial charge in [-0.05, 0) is 12.8 Å². The van der Waals surface area contributed by atoms with Crippen LogP contribution in [0.4, 0.5) is 17.6 Å². The van der Waals surface area contributed by atoms with Crippen LogP contribution in [0.1, 0.15) is 65.2 Å². The van der Waals surface area contributed by atoms with Crippen molar-refractivity contribution in [2.75, 3.05) is 13.1 Å². The maximum atomic E-state index is 14.0. The fraction of sp³-hybridized carbons (Fsp3) is 1.00. The molecule has 0 radical (unpaired) electrons. The summed E-state index contributed by atoms with van der Waals surface area (Å²) in [6, 6.07) is 0. The van der Waals surface area contributed by atoms with Gasteiger partial charge in [0.05, 0.1) is 0 Å². The lowest BCUT2D eigenvalue weighted by atomic mass is 10.2. The molecule has 0 aliphatic rings. The van der Waals surface area contributed by atoms with Crippen molar-refractivity contribution in [1.82, 2.24) is 4.31 Å². The van der Waals surface area contributed by atoms with Gasteiger partial charge in [0.15, 0.2) is 0 Å². The molecule has 0 aromatic rings. The molecule has 7 nitrogen and oxygen atoms in total. The predicted octanol–water partition coefficient (Wildman–Crippen LogP) is 3.77. The number of nitrogens with zero attached hydrogens (tertiary/aromatic N) is 1. The first kappa shape index (κ1) is 26.8. The number of alkyl halides is 4. The zero-order valence-corrected chi connectivity index (χ0v) is 16.9. The van der Waals surface area contributed by atoms with Gasteiger partial charge in [-0.1, -0.05) is 52.4 Å². The van der Waals surface area contributed by atoms with Crippen molar-refractivity contribution in [2.45, 2.75) is 76.1 Å². The molecule has 0 atom stereocenters. The van der Waals surface area contributed by atoms with Crippen molar-refractivity contribution in [1.29, 1.82) is 0 Å². The Bertz CT molecular complexity index is 484. The summed E-state index contributed by atoms with van der Waals surface area (Å²) in [4.78, 5) is 0. The highest BCUT2D eigenvalue weighted by atomic mass is 32.2. The largest absolute Gasteiger partial charge is 0.691 e. The SMILES string of the molecule is CCCCCCN(CCCCCC)S(=O)(=O)C(F)(F)OC(F)(F)SOO[O-]. The Balaban J connectivity index is 5.17. The highest BCUT2D eigenvalue weighted by molar-refractivity contribution is 7.95. The number of sulfonamides is 1. The number of unbranched alkanes of at least 4 members (excludes halogenated alkanes) is 6.